The minimum absolute atomic E-state index is 0.00724. The summed E-state index contributed by atoms with van der Waals surface area (Å²) in [5, 5.41) is 41.2. The van der Waals surface area contributed by atoms with Gasteiger partial charge >= 0.3 is 0 Å². The average Bonchev–Trinajstić information content (AvgIpc) is 3.09. The Hall–Kier alpha value is -4.97. The lowest BCUT2D eigenvalue weighted by molar-refractivity contribution is -0.384. The number of anilines is 1. The van der Waals surface area contributed by atoms with Crippen molar-refractivity contribution >= 4 is 28.8 Å². The summed E-state index contributed by atoms with van der Waals surface area (Å²) >= 11 is 0. The van der Waals surface area contributed by atoms with Gasteiger partial charge in [0, 0.05) is 23.4 Å². The van der Waals surface area contributed by atoms with Gasteiger partial charge in [0.05, 0.1) is 28.2 Å². The quantitative estimate of drug-likeness (QED) is 0.206. The van der Waals surface area contributed by atoms with Crippen molar-refractivity contribution in [3.63, 3.8) is 0 Å². The molecule has 0 saturated carbocycles. The number of aliphatic hydroxyl groups is 1. The number of nitriles is 1. The standard InChI is InChI=1S/C24H15N3O6/c25-13-14-7-9-17(10-8-14)26-21(15-3-2-6-19(28)12-15)20(23(30)24(26)31)22(29)16-4-1-5-18(11-16)27(32)33/h1-12,21,28-29H/b22-20-. The molecule has 9 heteroatoms. The van der Waals surface area contributed by atoms with Crippen molar-refractivity contribution in [2.24, 2.45) is 0 Å². The zero-order valence-corrected chi connectivity index (χ0v) is 16.9. The van der Waals surface area contributed by atoms with Gasteiger partial charge in [-0.3, -0.25) is 24.6 Å². The van der Waals surface area contributed by atoms with Crippen molar-refractivity contribution in [2.45, 2.75) is 6.04 Å². The summed E-state index contributed by atoms with van der Waals surface area (Å²) in [5.74, 6) is -2.62. The van der Waals surface area contributed by atoms with E-state index in [4.69, 9.17) is 5.26 Å². The monoisotopic (exact) mass is 441 g/mol. The van der Waals surface area contributed by atoms with E-state index in [1.54, 1.807) is 6.07 Å². The minimum atomic E-state index is -1.12. The summed E-state index contributed by atoms with van der Waals surface area (Å²) < 4.78 is 0. The fourth-order valence-corrected chi connectivity index (χ4v) is 3.73. The number of aromatic hydroxyl groups is 1. The van der Waals surface area contributed by atoms with Crippen LogP contribution in [0.15, 0.2) is 78.4 Å². The molecule has 3 aromatic rings. The Morgan fingerprint density at radius 1 is 1.03 bits per heavy atom. The van der Waals surface area contributed by atoms with Gasteiger partial charge in [0.15, 0.2) is 0 Å². The Bertz CT molecular complexity index is 1370. The number of nitrogens with zero attached hydrogens (tertiary/aromatic N) is 3. The van der Waals surface area contributed by atoms with Crippen LogP contribution in [0.1, 0.15) is 22.7 Å². The molecule has 1 atom stereocenters. The highest BCUT2D eigenvalue weighted by molar-refractivity contribution is 6.51. The zero-order valence-electron chi connectivity index (χ0n) is 16.9. The van der Waals surface area contributed by atoms with Gasteiger partial charge in [-0.25, -0.2) is 0 Å². The second kappa shape index (κ2) is 8.28. The summed E-state index contributed by atoms with van der Waals surface area (Å²) in [6, 6.07) is 17.7. The molecule has 1 amide bonds. The Labute approximate surface area is 187 Å². The SMILES string of the molecule is N#Cc1ccc(N2C(=O)C(=O)/C(=C(\O)c3cccc([N+](=O)[O-])c3)C2c2cccc(O)c2)cc1. The van der Waals surface area contributed by atoms with Gasteiger partial charge in [0.2, 0.25) is 0 Å². The van der Waals surface area contributed by atoms with E-state index in [9.17, 15) is 29.9 Å². The third kappa shape index (κ3) is 3.77. The van der Waals surface area contributed by atoms with Crippen molar-refractivity contribution in [2.75, 3.05) is 4.90 Å². The number of nitro groups is 1. The number of hydrogen-bond acceptors (Lipinski definition) is 7. The first kappa shape index (κ1) is 21.3. The first-order chi connectivity index (χ1) is 15.8. The second-order valence-electron chi connectivity index (χ2n) is 7.23. The number of nitro benzene ring substituents is 1. The molecule has 0 aromatic heterocycles. The predicted octanol–water partition coefficient (Wildman–Crippen LogP) is 3.80. The van der Waals surface area contributed by atoms with Crippen LogP contribution in [0.2, 0.25) is 0 Å². The van der Waals surface area contributed by atoms with E-state index in [0.29, 0.717) is 16.8 Å². The molecular formula is C24H15N3O6. The number of Topliss-reactive ketones (excluding diaryl/α,β-unsaturated/α-hetero) is 1. The summed E-state index contributed by atoms with van der Waals surface area (Å²) in [6.07, 6.45) is 0. The molecule has 2 N–H and O–H groups in total. The number of rotatable bonds is 4. The van der Waals surface area contributed by atoms with Gasteiger partial charge in [-0.1, -0.05) is 24.3 Å². The maximum Gasteiger partial charge on any atom is 0.300 e. The molecule has 33 heavy (non-hydrogen) atoms. The molecule has 4 rings (SSSR count). The van der Waals surface area contributed by atoms with E-state index in [-0.39, 0.29) is 22.6 Å². The van der Waals surface area contributed by atoms with Crippen molar-refractivity contribution in [3.8, 4) is 11.8 Å². The Morgan fingerprint density at radius 2 is 1.73 bits per heavy atom. The van der Waals surface area contributed by atoms with Crippen LogP contribution in [-0.2, 0) is 9.59 Å². The molecule has 1 aliphatic heterocycles. The van der Waals surface area contributed by atoms with Crippen LogP contribution in [-0.4, -0.2) is 26.8 Å². The molecule has 0 bridgehead atoms. The third-order valence-electron chi connectivity index (χ3n) is 5.24. The number of carbonyl (C=O) groups excluding carboxylic acids is 2. The lowest BCUT2D eigenvalue weighted by Crippen LogP contribution is -2.29. The molecule has 9 nitrogen and oxygen atoms in total. The number of benzene rings is 3. The number of phenols is 1. The van der Waals surface area contributed by atoms with Gasteiger partial charge in [-0.2, -0.15) is 5.26 Å². The lowest BCUT2D eigenvalue weighted by atomic mass is 9.95. The lowest BCUT2D eigenvalue weighted by Gasteiger charge is -2.25. The molecule has 162 valence electrons. The van der Waals surface area contributed by atoms with Gasteiger partial charge in [0.1, 0.15) is 11.5 Å². The fourth-order valence-electron chi connectivity index (χ4n) is 3.73. The molecule has 1 unspecified atom stereocenters. The highest BCUT2D eigenvalue weighted by Crippen LogP contribution is 2.43. The Morgan fingerprint density at radius 3 is 2.36 bits per heavy atom. The Kier molecular flexibility index (Phi) is 5.34. The first-order valence-electron chi connectivity index (χ1n) is 9.66. The zero-order chi connectivity index (χ0) is 23.7. The molecule has 0 aliphatic carbocycles. The maximum atomic E-state index is 13.1. The average molecular weight is 441 g/mol. The van der Waals surface area contributed by atoms with E-state index >= 15 is 0 Å². The summed E-state index contributed by atoms with van der Waals surface area (Å²) in [5.41, 5.74) is 0.394. The topological polar surface area (TPSA) is 145 Å². The highest BCUT2D eigenvalue weighted by atomic mass is 16.6. The second-order valence-corrected chi connectivity index (χ2v) is 7.23. The van der Waals surface area contributed by atoms with Crippen molar-refractivity contribution in [3.05, 3.63) is 105 Å². The van der Waals surface area contributed by atoms with E-state index < -0.39 is 28.4 Å². The summed E-state index contributed by atoms with van der Waals surface area (Å²) in [6.45, 7) is 0. The Balaban J connectivity index is 1.95. The van der Waals surface area contributed by atoms with Gasteiger partial charge in [-0.05, 0) is 42.0 Å². The minimum Gasteiger partial charge on any atom is -0.508 e. The van der Waals surface area contributed by atoms with Crippen LogP contribution in [0.25, 0.3) is 5.76 Å². The van der Waals surface area contributed by atoms with Gasteiger partial charge in [-0.15, -0.1) is 0 Å². The van der Waals surface area contributed by atoms with Crippen LogP contribution in [0.5, 0.6) is 5.75 Å². The molecule has 1 saturated heterocycles. The molecule has 0 radical (unpaired) electrons. The fraction of sp³-hybridized carbons (Fsp3) is 0.0417. The van der Waals surface area contributed by atoms with Gasteiger partial charge in [0.25, 0.3) is 17.4 Å². The van der Waals surface area contributed by atoms with E-state index in [1.165, 1.54) is 60.7 Å². The van der Waals surface area contributed by atoms with Crippen LogP contribution in [0.4, 0.5) is 11.4 Å². The number of non-ortho nitro benzene ring substituents is 1. The maximum absolute atomic E-state index is 13.1. The number of aliphatic hydroxyl groups excluding tert-OH is 1. The van der Waals surface area contributed by atoms with E-state index in [1.807, 2.05) is 6.07 Å². The molecule has 0 spiro atoms. The van der Waals surface area contributed by atoms with Crippen molar-refractivity contribution in [1.29, 1.82) is 5.26 Å². The van der Waals surface area contributed by atoms with Crippen LogP contribution >= 0.6 is 0 Å². The summed E-state index contributed by atoms with van der Waals surface area (Å²) in [7, 11) is 0. The molecular weight excluding hydrogens is 426 g/mol. The van der Waals surface area contributed by atoms with E-state index in [2.05, 4.69) is 0 Å². The van der Waals surface area contributed by atoms with Crippen molar-refractivity contribution in [1.82, 2.24) is 0 Å². The number of carbonyl (C=O) groups is 2. The van der Waals surface area contributed by atoms with Crippen molar-refractivity contribution < 1.29 is 24.7 Å². The number of amides is 1. The molecule has 1 aliphatic rings. The third-order valence-corrected chi connectivity index (χ3v) is 5.24. The number of ketones is 1. The number of hydrogen-bond donors (Lipinski definition) is 2. The molecule has 1 fully saturated rings. The van der Waals surface area contributed by atoms with E-state index in [0.717, 1.165) is 11.0 Å². The number of phenolic OH excluding ortho intramolecular Hbond substituents is 1. The van der Waals surface area contributed by atoms with Crippen LogP contribution in [0.3, 0.4) is 0 Å². The van der Waals surface area contributed by atoms with Crippen LogP contribution in [0, 0.1) is 21.4 Å². The molecule has 1 heterocycles. The summed E-state index contributed by atoms with van der Waals surface area (Å²) in [4.78, 5) is 37.8. The largest absolute Gasteiger partial charge is 0.508 e. The first-order valence-corrected chi connectivity index (χ1v) is 9.66. The predicted molar refractivity (Wildman–Crippen MR) is 117 cm³/mol. The highest BCUT2D eigenvalue weighted by Gasteiger charge is 2.47. The molecule has 3 aromatic carbocycles. The normalized spacial score (nSPS) is 17.1. The van der Waals surface area contributed by atoms with Crippen LogP contribution < -0.4 is 4.90 Å². The smallest absolute Gasteiger partial charge is 0.300 e. The van der Waals surface area contributed by atoms with Gasteiger partial charge < -0.3 is 10.2 Å².